The van der Waals surface area contributed by atoms with Crippen LogP contribution in [0.15, 0.2) is 54.9 Å². The van der Waals surface area contributed by atoms with Crippen LogP contribution in [0.25, 0.3) is 16.9 Å². The molecule has 2 aromatic carbocycles. The van der Waals surface area contributed by atoms with Gasteiger partial charge in [-0.2, -0.15) is 13.2 Å². The third-order valence-corrected chi connectivity index (χ3v) is 4.62. The lowest BCUT2D eigenvalue weighted by molar-refractivity contribution is -0.145. The second kappa shape index (κ2) is 8.13. The normalized spacial score (nSPS) is 11.5. The number of halogens is 3. The van der Waals surface area contributed by atoms with E-state index in [0.717, 1.165) is 15.9 Å². The molecule has 0 amide bonds. The number of hydrogen-bond acceptors (Lipinski definition) is 6. The number of ether oxygens (including phenoxy) is 2. The summed E-state index contributed by atoms with van der Waals surface area (Å²) in [7, 11) is 3.03. The highest BCUT2D eigenvalue weighted by Crippen LogP contribution is 2.34. The largest absolute Gasteiger partial charge is 0.497 e. The lowest BCUT2D eigenvalue weighted by Crippen LogP contribution is -2.15. The Hall–Kier alpha value is -3.82. The molecule has 0 saturated heterocycles. The number of benzene rings is 2. The molecule has 0 aliphatic heterocycles. The molecule has 0 radical (unpaired) electrons. The number of nitrogens with zero attached hydrogens (tertiary/aromatic N) is 4. The zero-order valence-electron chi connectivity index (χ0n) is 16.6. The van der Waals surface area contributed by atoms with Gasteiger partial charge < -0.3 is 14.8 Å². The van der Waals surface area contributed by atoms with Crippen LogP contribution in [0.5, 0.6) is 11.5 Å². The zero-order chi connectivity index (χ0) is 22.0. The number of methoxy groups -OCH3 is 2. The second-order valence-electron chi connectivity index (χ2n) is 6.58. The maximum atomic E-state index is 13.6. The van der Waals surface area contributed by atoms with Crippen molar-refractivity contribution < 1.29 is 22.6 Å². The molecule has 0 fully saturated rings. The first-order chi connectivity index (χ1) is 14.9. The molecule has 10 heteroatoms. The SMILES string of the molecule is COc1ccc(CNc2cnc(-n3c(C(F)(F)F)nc4cc(OC)ccc43)cn2)cc1. The first-order valence-electron chi connectivity index (χ1n) is 9.22. The maximum absolute atomic E-state index is 13.6. The van der Waals surface area contributed by atoms with Gasteiger partial charge >= 0.3 is 6.18 Å². The number of alkyl halides is 3. The number of aromatic nitrogens is 4. The third kappa shape index (κ3) is 4.23. The molecule has 0 unspecified atom stereocenters. The Morgan fingerprint density at radius 3 is 2.26 bits per heavy atom. The third-order valence-electron chi connectivity index (χ3n) is 4.62. The van der Waals surface area contributed by atoms with Crippen molar-refractivity contribution in [3.8, 4) is 17.3 Å². The number of anilines is 1. The van der Waals surface area contributed by atoms with Gasteiger partial charge in [-0.1, -0.05) is 12.1 Å². The molecule has 1 N–H and O–H groups in total. The number of imidazole rings is 1. The fourth-order valence-electron chi connectivity index (χ4n) is 3.07. The first-order valence-corrected chi connectivity index (χ1v) is 9.22. The molecule has 2 heterocycles. The first kappa shape index (κ1) is 20.5. The van der Waals surface area contributed by atoms with E-state index in [2.05, 4.69) is 20.3 Å². The van der Waals surface area contributed by atoms with Crippen molar-refractivity contribution in [2.45, 2.75) is 12.7 Å². The predicted octanol–water partition coefficient (Wildman–Crippen LogP) is 4.46. The minimum atomic E-state index is -4.67. The molecule has 2 aromatic heterocycles. The Morgan fingerprint density at radius 1 is 0.935 bits per heavy atom. The van der Waals surface area contributed by atoms with Crippen LogP contribution in [0.4, 0.5) is 19.0 Å². The van der Waals surface area contributed by atoms with Crippen molar-refractivity contribution in [2.24, 2.45) is 0 Å². The van der Waals surface area contributed by atoms with E-state index in [1.54, 1.807) is 13.2 Å². The zero-order valence-corrected chi connectivity index (χ0v) is 16.6. The van der Waals surface area contributed by atoms with E-state index >= 15 is 0 Å². The van der Waals surface area contributed by atoms with Gasteiger partial charge in [0.1, 0.15) is 17.3 Å². The molecule has 0 bridgehead atoms. The summed E-state index contributed by atoms with van der Waals surface area (Å²) in [6, 6.07) is 12.0. The molecule has 0 aliphatic carbocycles. The highest BCUT2D eigenvalue weighted by molar-refractivity contribution is 5.79. The van der Waals surface area contributed by atoms with Crippen molar-refractivity contribution in [3.05, 3.63) is 66.2 Å². The van der Waals surface area contributed by atoms with E-state index in [0.29, 0.717) is 18.1 Å². The van der Waals surface area contributed by atoms with Gasteiger partial charge in [0.15, 0.2) is 5.82 Å². The Labute approximate surface area is 175 Å². The number of nitrogens with one attached hydrogen (secondary N) is 1. The minimum absolute atomic E-state index is 0.00925. The van der Waals surface area contributed by atoms with Crippen molar-refractivity contribution in [1.29, 1.82) is 0 Å². The smallest absolute Gasteiger partial charge is 0.450 e. The topological polar surface area (TPSA) is 74.1 Å². The molecular weight excluding hydrogens is 411 g/mol. The van der Waals surface area contributed by atoms with Gasteiger partial charge in [-0.3, -0.25) is 4.57 Å². The van der Waals surface area contributed by atoms with Crippen LogP contribution in [0.1, 0.15) is 11.4 Å². The molecule has 4 rings (SSSR count). The van der Waals surface area contributed by atoms with E-state index < -0.39 is 12.0 Å². The highest BCUT2D eigenvalue weighted by atomic mass is 19.4. The fourth-order valence-corrected chi connectivity index (χ4v) is 3.07. The summed E-state index contributed by atoms with van der Waals surface area (Å²) in [4.78, 5) is 12.1. The summed E-state index contributed by atoms with van der Waals surface area (Å²) in [6.45, 7) is 0.472. The van der Waals surface area contributed by atoms with Crippen LogP contribution in [-0.2, 0) is 12.7 Å². The van der Waals surface area contributed by atoms with Gasteiger partial charge in [0.2, 0.25) is 5.82 Å². The predicted molar refractivity (Wildman–Crippen MR) is 109 cm³/mol. The van der Waals surface area contributed by atoms with Crippen molar-refractivity contribution in [3.63, 3.8) is 0 Å². The summed E-state index contributed by atoms with van der Waals surface area (Å²) < 4.78 is 52.0. The highest BCUT2D eigenvalue weighted by Gasteiger charge is 2.38. The Kier molecular flexibility index (Phi) is 5.37. The average molecular weight is 429 g/mol. The Balaban J connectivity index is 1.62. The lowest BCUT2D eigenvalue weighted by atomic mass is 10.2. The molecule has 0 aliphatic rings. The minimum Gasteiger partial charge on any atom is -0.497 e. The van der Waals surface area contributed by atoms with Crippen LogP contribution >= 0.6 is 0 Å². The summed E-state index contributed by atoms with van der Waals surface area (Å²) in [5.41, 5.74) is 1.39. The summed E-state index contributed by atoms with van der Waals surface area (Å²) >= 11 is 0. The average Bonchev–Trinajstić information content (AvgIpc) is 3.17. The molecule has 0 spiro atoms. The standard InChI is InChI=1S/C21H18F3N5O2/c1-30-14-5-3-13(4-6-14)10-25-18-11-27-19(12-26-18)29-17-8-7-15(31-2)9-16(17)28-20(29)21(22,23)24/h3-9,11-12H,10H2,1-2H3,(H,25,26). The van der Waals surface area contributed by atoms with Gasteiger partial charge in [-0.15, -0.1) is 0 Å². The van der Waals surface area contributed by atoms with Crippen LogP contribution in [0.2, 0.25) is 0 Å². The summed E-state index contributed by atoms with van der Waals surface area (Å²) in [5.74, 6) is 0.520. The Bertz CT molecular complexity index is 1190. The molecule has 160 valence electrons. The number of fused-ring (bicyclic) bond motifs is 1. The van der Waals surface area contributed by atoms with E-state index in [-0.39, 0.29) is 16.9 Å². The number of rotatable bonds is 6. The summed E-state index contributed by atoms with van der Waals surface area (Å²) in [5, 5.41) is 3.09. The van der Waals surface area contributed by atoms with Gasteiger partial charge in [-0.25, -0.2) is 15.0 Å². The van der Waals surface area contributed by atoms with Crippen molar-refractivity contribution in [2.75, 3.05) is 19.5 Å². The van der Waals surface area contributed by atoms with Crippen LogP contribution in [0.3, 0.4) is 0 Å². The number of hydrogen-bond donors (Lipinski definition) is 1. The van der Waals surface area contributed by atoms with Crippen molar-refractivity contribution in [1.82, 2.24) is 19.5 Å². The van der Waals surface area contributed by atoms with E-state index in [9.17, 15) is 13.2 Å². The molecule has 4 aromatic rings. The van der Waals surface area contributed by atoms with Crippen molar-refractivity contribution >= 4 is 16.9 Å². The fraction of sp³-hybridized carbons (Fsp3) is 0.190. The summed E-state index contributed by atoms with van der Waals surface area (Å²) in [6.07, 6.45) is -2.01. The van der Waals surface area contributed by atoms with Crippen LogP contribution in [0, 0.1) is 0 Å². The van der Waals surface area contributed by atoms with Crippen LogP contribution < -0.4 is 14.8 Å². The van der Waals surface area contributed by atoms with Gasteiger partial charge in [0.25, 0.3) is 0 Å². The monoisotopic (exact) mass is 429 g/mol. The molecule has 0 saturated carbocycles. The van der Waals surface area contributed by atoms with Crippen LogP contribution in [-0.4, -0.2) is 33.7 Å². The maximum Gasteiger partial charge on any atom is 0.450 e. The van der Waals surface area contributed by atoms with E-state index in [1.807, 2.05) is 24.3 Å². The van der Waals surface area contributed by atoms with Gasteiger partial charge in [0.05, 0.1) is 37.6 Å². The van der Waals surface area contributed by atoms with Gasteiger partial charge in [0, 0.05) is 12.6 Å². The molecule has 31 heavy (non-hydrogen) atoms. The molecule has 0 atom stereocenters. The van der Waals surface area contributed by atoms with Gasteiger partial charge in [-0.05, 0) is 29.8 Å². The quantitative estimate of drug-likeness (QED) is 0.488. The molecular formula is C21H18F3N5O2. The van der Waals surface area contributed by atoms with E-state index in [4.69, 9.17) is 9.47 Å². The lowest BCUT2D eigenvalue weighted by Gasteiger charge is -2.11. The van der Waals surface area contributed by atoms with E-state index in [1.165, 1.54) is 31.6 Å². The second-order valence-corrected chi connectivity index (χ2v) is 6.58. The molecule has 7 nitrogen and oxygen atoms in total. The Morgan fingerprint density at radius 2 is 1.65 bits per heavy atom.